The van der Waals surface area contributed by atoms with Crippen molar-refractivity contribution in [2.75, 3.05) is 13.1 Å². The van der Waals surface area contributed by atoms with E-state index in [4.69, 9.17) is 0 Å². The Labute approximate surface area is 164 Å². The second-order valence-corrected chi connectivity index (χ2v) is 8.73. The summed E-state index contributed by atoms with van der Waals surface area (Å²) in [5.74, 6) is 1.04. The van der Waals surface area contributed by atoms with Crippen molar-refractivity contribution in [2.24, 2.45) is 5.92 Å². The number of piperidine rings is 1. The highest BCUT2D eigenvalue weighted by Gasteiger charge is 2.26. The van der Waals surface area contributed by atoms with Gasteiger partial charge in [0.05, 0.1) is 10.9 Å². The number of hydrogen-bond donors (Lipinski definition) is 0. The lowest BCUT2D eigenvalue weighted by Crippen LogP contribution is -2.41. The molecule has 0 bridgehead atoms. The van der Waals surface area contributed by atoms with Gasteiger partial charge in [0.1, 0.15) is 5.69 Å². The summed E-state index contributed by atoms with van der Waals surface area (Å²) in [5, 5.41) is 6.62. The fourth-order valence-corrected chi connectivity index (χ4v) is 5.08. The van der Waals surface area contributed by atoms with Crippen LogP contribution in [0.2, 0.25) is 0 Å². The molecule has 144 valence electrons. The number of amides is 1. The third-order valence-electron chi connectivity index (χ3n) is 6.00. The van der Waals surface area contributed by atoms with E-state index in [1.165, 1.54) is 25.7 Å². The molecule has 2 aliphatic rings. The third kappa shape index (κ3) is 4.32. The first-order valence-corrected chi connectivity index (χ1v) is 11.0. The molecular weight excluding hydrogens is 358 g/mol. The van der Waals surface area contributed by atoms with E-state index in [0.717, 1.165) is 48.8 Å². The number of hydrogen-bond acceptors (Lipinski definition) is 4. The zero-order valence-electron chi connectivity index (χ0n) is 15.7. The van der Waals surface area contributed by atoms with Gasteiger partial charge >= 0.3 is 0 Å². The lowest BCUT2D eigenvalue weighted by atomic mass is 10.00. The van der Waals surface area contributed by atoms with Gasteiger partial charge in [-0.25, -0.2) is 4.68 Å². The molecule has 0 spiro atoms. The first-order valence-electron chi connectivity index (χ1n) is 10.1. The van der Waals surface area contributed by atoms with E-state index in [9.17, 15) is 9.59 Å². The lowest BCUT2D eigenvalue weighted by Gasteiger charge is -2.32. The SMILES string of the molecule is O=C(CCC1CCCC1)N1CCC(n2nc(-c3cccs3)ccc2=O)CC1. The maximum absolute atomic E-state index is 12.5. The smallest absolute Gasteiger partial charge is 0.267 e. The summed E-state index contributed by atoms with van der Waals surface area (Å²) in [5.41, 5.74) is 0.793. The topological polar surface area (TPSA) is 55.2 Å². The van der Waals surface area contributed by atoms with Gasteiger partial charge in [0.2, 0.25) is 5.91 Å². The Morgan fingerprint density at radius 2 is 1.89 bits per heavy atom. The first kappa shape index (κ1) is 18.4. The molecule has 3 heterocycles. The Balaban J connectivity index is 1.35. The van der Waals surface area contributed by atoms with Crippen LogP contribution in [0, 0.1) is 5.92 Å². The van der Waals surface area contributed by atoms with Crippen molar-refractivity contribution in [1.82, 2.24) is 14.7 Å². The van der Waals surface area contributed by atoms with E-state index in [1.54, 1.807) is 28.2 Å². The molecule has 2 aromatic heterocycles. The van der Waals surface area contributed by atoms with E-state index < -0.39 is 0 Å². The number of nitrogens with zero attached hydrogens (tertiary/aromatic N) is 3. The Kier molecular flexibility index (Phi) is 5.72. The fraction of sp³-hybridized carbons (Fsp3) is 0.571. The molecule has 4 rings (SSSR count). The summed E-state index contributed by atoms with van der Waals surface area (Å²) in [4.78, 5) is 27.9. The molecule has 27 heavy (non-hydrogen) atoms. The fourth-order valence-electron chi connectivity index (χ4n) is 4.39. The number of rotatable bonds is 5. The molecule has 0 radical (unpaired) electrons. The molecule has 6 heteroatoms. The van der Waals surface area contributed by atoms with E-state index >= 15 is 0 Å². The van der Waals surface area contributed by atoms with Gasteiger partial charge in [0.25, 0.3) is 5.56 Å². The highest BCUT2D eigenvalue weighted by atomic mass is 32.1. The minimum atomic E-state index is -0.0543. The molecule has 2 fully saturated rings. The zero-order chi connectivity index (χ0) is 18.6. The molecule has 1 aliphatic carbocycles. The van der Waals surface area contributed by atoms with Gasteiger partial charge in [-0.05, 0) is 42.7 Å². The number of thiophene rings is 1. The summed E-state index contributed by atoms with van der Waals surface area (Å²) in [6.07, 6.45) is 8.58. The Morgan fingerprint density at radius 3 is 2.59 bits per heavy atom. The van der Waals surface area contributed by atoms with E-state index in [-0.39, 0.29) is 17.5 Å². The predicted molar refractivity (Wildman–Crippen MR) is 108 cm³/mol. The molecule has 2 aromatic rings. The van der Waals surface area contributed by atoms with E-state index in [1.807, 2.05) is 22.4 Å². The molecule has 0 aromatic carbocycles. The van der Waals surface area contributed by atoms with Crippen LogP contribution >= 0.6 is 11.3 Å². The van der Waals surface area contributed by atoms with Crippen molar-refractivity contribution < 1.29 is 4.79 Å². The van der Waals surface area contributed by atoms with Gasteiger partial charge in [-0.2, -0.15) is 5.10 Å². The van der Waals surface area contributed by atoms with Gasteiger partial charge in [-0.15, -0.1) is 11.3 Å². The van der Waals surface area contributed by atoms with Crippen LogP contribution in [0.5, 0.6) is 0 Å². The van der Waals surface area contributed by atoms with Crippen LogP contribution < -0.4 is 5.56 Å². The third-order valence-corrected chi connectivity index (χ3v) is 6.90. The van der Waals surface area contributed by atoms with Crippen molar-refractivity contribution in [3.8, 4) is 10.6 Å². The first-order chi connectivity index (χ1) is 13.2. The largest absolute Gasteiger partial charge is 0.343 e. The molecule has 1 saturated carbocycles. The molecule has 0 atom stereocenters. The highest BCUT2D eigenvalue weighted by Crippen LogP contribution is 2.29. The molecule has 1 amide bonds. The van der Waals surface area contributed by atoms with Crippen LogP contribution in [0.1, 0.15) is 57.4 Å². The summed E-state index contributed by atoms with van der Waals surface area (Å²) in [6, 6.07) is 7.50. The minimum Gasteiger partial charge on any atom is -0.343 e. The van der Waals surface area contributed by atoms with Gasteiger partial charge in [0, 0.05) is 25.6 Å². The summed E-state index contributed by atoms with van der Waals surface area (Å²) in [7, 11) is 0. The minimum absolute atomic E-state index is 0.0543. The molecule has 5 nitrogen and oxygen atoms in total. The standard InChI is InChI=1S/C21H27N3O2S/c25-20(9-7-16-4-1-2-5-16)23-13-11-17(12-14-23)24-21(26)10-8-18(22-24)19-6-3-15-27-19/h3,6,8,10,15-17H,1-2,4-5,7,9,11-14H2. The Morgan fingerprint density at radius 1 is 1.11 bits per heavy atom. The molecular formula is C21H27N3O2S. The number of likely N-dealkylation sites (tertiary alicyclic amines) is 1. The van der Waals surface area contributed by atoms with Gasteiger partial charge < -0.3 is 4.90 Å². The molecule has 1 saturated heterocycles. The lowest BCUT2D eigenvalue weighted by molar-refractivity contribution is -0.132. The van der Waals surface area contributed by atoms with Crippen LogP contribution in [-0.2, 0) is 4.79 Å². The maximum Gasteiger partial charge on any atom is 0.267 e. The number of aromatic nitrogens is 2. The van der Waals surface area contributed by atoms with Crippen LogP contribution in [0.3, 0.4) is 0 Å². The Hall–Kier alpha value is -1.95. The second-order valence-electron chi connectivity index (χ2n) is 7.78. The van der Waals surface area contributed by atoms with Crippen molar-refractivity contribution >= 4 is 17.2 Å². The summed E-state index contributed by atoms with van der Waals surface area (Å²) in [6.45, 7) is 1.46. The second kappa shape index (κ2) is 8.38. The average Bonchev–Trinajstić information content (AvgIpc) is 3.41. The van der Waals surface area contributed by atoms with Crippen LogP contribution in [0.4, 0.5) is 0 Å². The van der Waals surface area contributed by atoms with Crippen molar-refractivity contribution in [3.05, 3.63) is 40.0 Å². The maximum atomic E-state index is 12.5. The van der Waals surface area contributed by atoms with Crippen LogP contribution in [-0.4, -0.2) is 33.7 Å². The van der Waals surface area contributed by atoms with E-state index in [0.29, 0.717) is 6.42 Å². The van der Waals surface area contributed by atoms with Gasteiger partial charge in [-0.3, -0.25) is 9.59 Å². The van der Waals surface area contributed by atoms with E-state index in [2.05, 4.69) is 5.10 Å². The molecule has 0 N–H and O–H groups in total. The van der Waals surface area contributed by atoms with Gasteiger partial charge in [0.15, 0.2) is 0 Å². The zero-order valence-corrected chi connectivity index (χ0v) is 16.5. The van der Waals surface area contributed by atoms with Crippen molar-refractivity contribution in [1.29, 1.82) is 0 Å². The van der Waals surface area contributed by atoms with Crippen LogP contribution in [0.15, 0.2) is 34.4 Å². The Bertz CT molecular complexity index is 816. The quantitative estimate of drug-likeness (QED) is 0.778. The number of carbonyl (C=O) groups excluding carboxylic acids is 1. The summed E-state index contributed by atoms with van der Waals surface area (Å²) >= 11 is 1.63. The monoisotopic (exact) mass is 385 g/mol. The average molecular weight is 386 g/mol. The summed E-state index contributed by atoms with van der Waals surface area (Å²) < 4.78 is 1.63. The number of carbonyl (C=O) groups is 1. The van der Waals surface area contributed by atoms with Crippen molar-refractivity contribution in [3.63, 3.8) is 0 Å². The normalized spacial score (nSPS) is 18.9. The van der Waals surface area contributed by atoms with Gasteiger partial charge in [-0.1, -0.05) is 31.7 Å². The molecule has 1 aliphatic heterocycles. The van der Waals surface area contributed by atoms with Crippen LogP contribution in [0.25, 0.3) is 10.6 Å². The van der Waals surface area contributed by atoms with Crippen molar-refractivity contribution in [2.45, 2.75) is 57.4 Å². The highest BCUT2D eigenvalue weighted by molar-refractivity contribution is 7.13. The molecule has 0 unspecified atom stereocenters. The predicted octanol–water partition coefficient (Wildman–Crippen LogP) is 4.11.